The van der Waals surface area contributed by atoms with Crippen LogP contribution >= 0.6 is 0 Å². The number of carbonyl (C=O) groups is 1. The van der Waals surface area contributed by atoms with E-state index in [0.717, 1.165) is 6.42 Å². The van der Waals surface area contributed by atoms with Gasteiger partial charge in [-0.15, -0.1) is 0 Å². The van der Waals surface area contributed by atoms with Crippen LogP contribution in [0.25, 0.3) is 0 Å². The van der Waals surface area contributed by atoms with Gasteiger partial charge in [-0.2, -0.15) is 0 Å². The quantitative estimate of drug-likeness (QED) is 0.610. The van der Waals surface area contributed by atoms with Gasteiger partial charge in [-0.3, -0.25) is 0 Å². The molecule has 1 heterocycles. The van der Waals surface area contributed by atoms with Crippen molar-refractivity contribution in [1.82, 2.24) is 5.32 Å². The summed E-state index contributed by atoms with van der Waals surface area (Å²) in [6.45, 7) is 3.08. The van der Waals surface area contributed by atoms with Crippen molar-refractivity contribution >= 4 is 5.97 Å². The second-order valence-corrected chi connectivity index (χ2v) is 3.60. The molecule has 0 saturated heterocycles. The van der Waals surface area contributed by atoms with E-state index in [1.54, 1.807) is 6.07 Å². The van der Waals surface area contributed by atoms with Gasteiger partial charge in [-0.25, -0.2) is 4.79 Å². The minimum absolute atomic E-state index is 0.0506. The van der Waals surface area contributed by atoms with Gasteiger partial charge in [0.1, 0.15) is 5.76 Å². The first-order valence-corrected chi connectivity index (χ1v) is 5.34. The van der Waals surface area contributed by atoms with Crippen molar-refractivity contribution in [2.75, 3.05) is 6.54 Å². The lowest BCUT2D eigenvalue weighted by atomic mass is 10.2. The van der Waals surface area contributed by atoms with E-state index in [9.17, 15) is 9.90 Å². The van der Waals surface area contributed by atoms with Crippen LogP contribution in [0.3, 0.4) is 0 Å². The molecule has 1 aromatic rings. The van der Waals surface area contributed by atoms with Gasteiger partial charge in [0.05, 0.1) is 12.6 Å². The molecular weight excluding hydrogens is 210 g/mol. The van der Waals surface area contributed by atoms with Crippen LogP contribution in [0.5, 0.6) is 0 Å². The Balaban J connectivity index is 2.24. The molecule has 0 saturated carbocycles. The van der Waals surface area contributed by atoms with Gasteiger partial charge in [0.2, 0.25) is 5.76 Å². The Morgan fingerprint density at radius 1 is 1.56 bits per heavy atom. The fourth-order valence-electron chi connectivity index (χ4n) is 1.27. The smallest absolute Gasteiger partial charge is 0.371 e. The van der Waals surface area contributed by atoms with Gasteiger partial charge >= 0.3 is 5.97 Å². The maximum atomic E-state index is 10.5. The predicted octanol–water partition coefficient (Wildman–Crippen LogP) is 1.23. The van der Waals surface area contributed by atoms with Crippen LogP contribution in [0, 0.1) is 0 Å². The summed E-state index contributed by atoms with van der Waals surface area (Å²) in [7, 11) is 0. The second-order valence-electron chi connectivity index (χ2n) is 3.60. The minimum atomic E-state index is -1.06. The molecule has 90 valence electrons. The second kappa shape index (κ2) is 6.30. The third-order valence-electron chi connectivity index (χ3n) is 2.30. The lowest BCUT2D eigenvalue weighted by Gasteiger charge is -2.07. The molecular formula is C11H17NO4. The Hall–Kier alpha value is -1.33. The maximum absolute atomic E-state index is 10.5. The molecule has 0 fully saturated rings. The van der Waals surface area contributed by atoms with Crippen molar-refractivity contribution in [3.05, 3.63) is 23.7 Å². The van der Waals surface area contributed by atoms with E-state index >= 15 is 0 Å². The van der Waals surface area contributed by atoms with Crippen LogP contribution in [-0.2, 0) is 6.54 Å². The molecule has 0 aromatic carbocycles. The Kier molecular flexibility index (Phi) is 5.01. The van der Waals surface area contributed by atoms with Gasteiger partial charge in [0.25, 0.3) is 0 Å². The Bertz CT molecular complexity index is 334. The highest BCUT2D eigenvalue weighted by Gasteiger charge is 2.08. The number of aliphatic hydroxyl groups is 1. The number of aliphatic hydroxyl groups excluding tert-OH is 1. The molecule has 16 heavy (non-hydrogen) atoms. The lowest BCUT2D eigenvalue weighted by Crippen LogP contribution is -2.19. The number of rotatable bonds is 7. The van der Waals surface area contributed by atoms with Crippen LogP contribution < -0.4 is 5.32 Å². The molecule has 0 aliphatic carbocycles. The average Bonchev–Trinajstić information content (AvgIpc) is 2.72. The highest BCUT2D eigenvalue weighted by molar-refractivity contribution is 5.84. The van der Waals surface area contributed by atoms with Crippen molar-refractivity contribution in [3.63, 3.8) is 0 Å². The van der Waals surface area contributed by atoms with E-state index < -0.39 is 5.97 Å². The zero-order valence-corrected chi connectivity index (χ0v) is 9.27. The van der Waals surface area contributed by atoms with E-state index in [-0.39, 0.29) is 11.9 Å². The highest BCUT2D eigenvalue weighted by atomic mass is 16.4. The molecule has 5 heteroatoms. The van der Waals surface area contributed by atoms with Gasteiger partial charge in [0.15, 0.2) is 0 Å². The first-order chi connectivity index (χ1) is 7.63. The Morgan fingerprint density at radius 3 is 2.88 bits per heavy atom. The van der Waals surface area contributed by atoms with E-state index in [4.69, 9.17) is 9.52 Å². The Morgan fingerprint density at radius 2 is 2.31 bits per heavy atom. The van der Waals surface area contributed by atoms with E-state index in [1.807, 2.05) is 6.92 Å². The molecule has 1 atom stereocenters. The van der Waals surface area contributed by atoms with Gasteiger partial charge in [0, 0.05) is 0 Å². The fraction of sp³-hybridized carbons (Fsp3) is 0.545. The molecule has 0 amide bonds. The number of furan rings is 1. The number of hydrogen-bond donors (Lipinski definition) is 3. The number of carboxylic acids is 1. The zero-order valence-electron chi connectivity index (χ0n) is 9.27. The first kappa shape index (κ1) is 12.7. The summed E-state index contributed by atoms with van der Waals surface area (Å²) < 4.78 is 5.05. The van der Waals surface area contributed by atoms with E-state index in [0.29, 0.717) is 25.3 Å². The third kappa shape index (κ3) is 4.04. The summed E-state index contributed by atoms with van der Waals surface area (Å²) in [6, 6.07) is 3.06. The maximum Gasteiger partial charge on any atom is 0.371 e. The van der Waals surface area contributed by atoms with Gasteiger partial charge in [-0.1, -0.05) is 6.92 Å². The summed E-state index contributed by atoms with van der Waals surface area (Å²) >= 11 is 0. The lowest BCUT2D eigenvalue weighted by molar-refractivity contribution is 0.0660. The molecule has 0 bridgehead atoms. The summed E-state index contributed by atoms with van der Waals surface area (Å²) in [5.41, 5.74) is 0. The summed E-state index contributed by atoms with van der Waals surface area (Å²) in [6.07, 6.45) is 1.15. The van der Waals surface area contributed by atoms with Crippen molar-refractivity contribution in [1.29, 1.82) is 0 Å². The van der Waals surface area contributed by atoms with Gasteiger partial charge < -0.3 is 19.9 Å². The molecule has 0 aliphatic heterocycles. The molecule has 0 aliphatic rings. The van der Waals surface area contributed by atoms with E-state index in [2.05, 4.69) is 5.32 Å². The third-order valence-corrected chi connectivity index (χ3v) is 2.30. The minimum Gasteiger partial charge on any atom is -0.475 e. The zero-order chi connectivity index (χ0) is 12.0. The predicted molar refractivity (Wildman–Crippen MR) is 58.3 cm³/mol. The largest absolute Gasteiger partial charge is 0.475 e. The van der Waals surface area contributed by atoms with Crippen molar-refractivity contribution in [2.24, 2.45) is 0 Å². The van der Waals surface area contributed by atoms with Crippen LogP contribution in [0.1, 0.15) is 36.1 Å². The molecule has 1 unspecified atom stereocenters. The van der Waals surface area contributed by atoms with E-state index in [1.165, 1.54) is 6.07 Å². The highest BCUT2D eigenvalue weighted by Crippen LogP contribution is 2.07. The monoisotopic (exact) mass is 227 g/mol. The first-order valence-electron chi connectivity index (χ1n) is 5.34. The van der Waals surface area contributed by atoms with Crippen LogP contribution in [0.2, 0.25) is 0 Å². The summed E-state index contributed by atoms with van der Waals surface area (Å²) in [5.74, 6) is -0.526. The van der Waals surface area contributed by atoms with Crippen LogP contribution in [0.4, 0.5) is 0 Å². The molecule has 1 rings (SSSR count). The number of nitrogens with one attached hydrogen (secondary N) is 1. The molecule has 0 radical (unpaired) electrons. The standard InChI is InChI=1S/C11H17NO4/c1-2-8(13)5-6-12-7-9-3-4-10(16-9)11(14)15/h3-4,8,12-13H,2,5-7H2,1H3,(H,14,15). The van der Waals surface area contributed by atoms with Crippen molar-refractivity contribution < 1.29 is 19.4 Å². The Labute approximate surface area is 94.1 Å². The van der Waals surface area contributed by atoms with Crippen molar-refractivity contribution in [3.8, 4) is 0 Å². The van der Waals surface area contributed by atoms with Crippen molar-refractivity contribution in [2.45, 2.75) is 32.4 Å². The number of carboxylic acid groups (broad SMARTS) is 1. The molecule has 5 nitrogen and oxygen atoms in total. The van der Waals surface area contributed by atoms with Crippen LogP contribution in [0.15, 0.2) is 16.5 Å². The molecule has 1 aromatic heterocycles. The SMILES string of the molecule is CCC(O)CCNCc1ccc(C(=O)O)o1. The topological polar surface area (TPSA) is 82.7 Å². The van der Waals surface area contributed by atoms with Gasteiger partial charge in [-0.05, 0) is 31.5 Å². The normalized spacial score (nSPS) is 12.6. The summed E-state index contributed by atoms with van der Waals surface area (Å²) in [4.78, 5) is 10.5. The summed E-state index contributed by atoms with van der Waals surface area (Å²) in [5, 5.41) is 21.0. The average molecular weight is 227 g/mol. The molecule has 3 N–H and O–H groups in total. The fourth-order valence-corrected chi connectivity index (χ4v) is 1.27. The number of aromatic carboxylic acids is 1. The van der Waals surface area contributed by atoms with Crippen LogP contribution in [-0.4, -0.2) is 28.8 Å². The number of hydrogen-bond acceptors (Lipinski definition) is 4. The molecule has 0 spiro atoms.